The molecule has 0 amide bonds. The van der Waals surface area contributed by atoms with Gasteiger partial charge in [0.05, 0.1) is 5.69 Å². The van der Waals surface area contributed by atoms with Crippen molar-refractivity contribution in [2.24, 2.45) is 10.2 Å². The van der Waals surface area contributed by atoms with Crippen LogP contribution in [0.3, 0.4) is 0 Å². The molecule has 5 nitrogen and oxygen atoms in total. The summed E-state index contributed by atoms with van der Waals surface area (Å²) in [6.07, 6.45) is 5.32. The van der Waals surface area contributed by atoms with E-state index in [1.165, 1.54) is 5.57 Å². The molecule has 1 aliphatic heterocycles. The molecule has 0 saturated heterocycles. The van der Waals surface area contributed by atoms with Gasteiger partial charge in [-0.25, -0.2) is 9.97 Å². The lowest BCUT2D eigenvalue weighted by atomic mass is 10.2. The molecule has 2 N–H and O–H groups in total. The van der Waals surface area contributed by atoms with Crippen LogP contribution in [0.1, 0.15) is 30.4 Å². The van der Waals surface area contributed by atoms with Gasteiger partial charge in [-0.1, -0.05) is 11.6 Å². The fraction of sp³-hybridized carbons (Fsp3) is 0.273. The van der Waals surface area contributed by atoms with Crippen LogP contribution in [-0.4, -0.2) is 21.9 Å². The van der Waals surface area contributed by atoms with Gasteiger partial charge in [0.2, 0.25) is 0 Å². The number of fused-ring (bicyclic) bond motifs is 1. The Morgan fingerprint density at radius 3 is 2.94 bits per heavy atom. The highest BCUT2D eigenvalue weighted by molar-refractivity contribution is 6.07. The summed E-state index contributed by atoms with van der Waals surface area (Å²) in [7, 11) is 0. The van der Waals surface area contributed by atoms with E-state index in [-0.39, 0.29) is 0 Å². The molecule has 1 aromatic rings. The van der Waals surface area contributed by atoms with Gasteiger partial charge >= 0.3 is 0 Å². The van der Waals surface area contributed by atoms with E-state index in [0.29, 0.717) is 18.1 Å². The van der Waals surface area contributed by atoms with Gasteiger partial charge in [-0.2, -0.15) is 10.2 Å². The van der Waals surface area contributed by atoms with Crippen molar-refractivity contribution in [3.63, 3.8) is 0 Å². The van der Waals surface area contributed by atoms with Gasteiger partial charge < -0.3 is 5.73 Å². The minimum absolute atomic E-state index is 0.534. The van der Waals surface area contributed by atoms with Crippen molar-refractivity contribution >= 4 is 23.8 Å². The first kappa shape index (κ1) is 9.21. The van der Waals surface area contributed by atoms with Crippen LogP contribution in [0.5, 0.6) is 0 Å². The third-order valence-corrected chi connectivity index (χ3v) is 2.69. The highest BCUT2D eigenvalue weighted by atomic mass is 15.2. The summed E-state index contributed by atoms with van der Waals surface area (Å²) in [5.41, 5.74) is 9.92. The van der Waals surface area contributed by atoms with E-state index in [1.807, 2.05) is 6.08 Å². The van der Waals surface area contributed by atoms with E-state index in [4.69, 9.17) is 5.73 Å². The maximum Gasteiger partial charge on any atom is 0.178 e. The first-order valence-electron chi connectivity index (χ1n) is 5.16. The molecule has 5 heteroatoms. The molecule has 0 spiro atoms. The van der Waals surface area contributed by atoms with Crippen LogP contribution >= 0.6 is 0 Å². The third kappa shape index (κ3) is 1.32. The molecule has 16 heavy (non-hydrogen) atoms. The summed E-state index contributed by atoms with van der Waals surface area (Å²) in [5, 5.41) is 7.79. The molecule has 0 saturated carbocycles. The minimum Gasteiger partial charge on any atom is -0.383 e. The summed E-state index contributed by atoms with van der Waals surface area (Å²) in [4.78, 5) is 8.77. The molecule has 0 fully saturated rings. The Balaban J connectivity index is 2.07. The van der Waals surface area contributed by atoms with Crippen molar-refractivity contribution < 1.29 is 0 Å². The molecule has 0 aromatic carbocycles. The topological polar surface area (TPSA) is 76.5 Å². The Hall–Kier alpha value is -2.04. The molecule has 1 aromatic heterocycles. The van der Waals surface area contributed by atoms with E-state index in [0.717, 1.165) is 23.4 Å². The van der Waals surface area contributed by atoms with Crippen LogP contribution in [0.15, 0.2) is 15.8 Å². The molecule has 0 radical (unpaired) electrons. The largest absolute Gasteiger partial charge is 0.383 e. The zero-order valence-corrected chi connectivity index (χ0v) is 8.94. The van der Waals surface area contributed by atoms with Crippen molar-refractivity contribution in [3.8, 4) is 0 Å². The molecular formula is C11H11N5. The highest BCUT2D eigenvalue weighted by Crippen LogP contribution is 2.27. The highest BCUT2D eigenvalue weighted by Gasteiger charge is 2.19. The molecule has 80 valence electrons. The van der Waals surface area contributed by atoms with E-state index in [1.54, 1.807) is 6.21 Å². The van der Waals surface area contributed by atoms with Crippen molar-refractivity contribution in [1.29, 1.82) is 0 Å². The number of anilines is 1. The standard InChI is InChI=1S/C11H11N5/c1-6-4-7-9(5-6)14-11(15-10(7)12)8-2-3-13-16-8/h3-4H,2,5H2,1H3,(H2,12,14,15). The van der Waals surface area contributed by atoms with Gasteiger partial charge in [0.1, 0.15) is 11.5 Å². The summed E-state index contributed by atoms with van der Waals surface area (Å²) < 4.78 is 0. The number of allylic oxidation sites excluding steroid dienone is 1. The number of nitrogens with zero attached hydrogens (tertiary/aromatic N) is 4. The van der Waals surface area contributed by atoms with E-state index in [2.05, 4.69) is 27.1 Å². The third-order valence-electron chi connectivity index (χ3n) is 2.69. The monoisotopic (exact) mass is 213 g/mol. The first-order chi connectivity index (χ1) is 7.74. The summed E-state index contributed by atoms with van der Waals surface area (Å²) in [5.74, 6) is 1.14. The second-order valence-electron chi connectivity index (χ2n) is 4.01. The lowest BCUT2D eigenvalue weighted by molar-refractivity contribution is 1.02. The predicted octanol–water partition coefficient (Wildman–Crippen LogP) is 1.20. The van der Waals surface area contributed by atoms with Gasteiger partial charge in [0, 0.05) is 24.6 Å². The second-order valence-corrected chi connectivity index (χ2v) is 4.01. The van der Waals surface area contributed by atoms with Crippen LogP contribution in [0.4, 0.5) is 5.82 Å². The quantitative estimate of drug-likeness (QED) is 0.761. The van der Waals surface area contributed by atoms with Gasteiger partial charge in [0.15, 0.2) is 5.82 Å². The zero-order chi connectivity index (χ0) is 11.1. The van der Waals surface area contributed by atoms with Crippen LogP contribution in [0.2, 0.25) is 0 Å². The Bertz CT molecular complexity index is 554. The molecule has 1 aliphatic carbocycles. The molecule has 2 aliphatic rings. The first-order valence-corrected chi connectivity index (χ1v) is 5.16. The Kier molecular flexibility index (Phi) is 1.86. The minimum atomic E-state index is 0.534. The fourth-order valence-electron chi connectivity index (χ4n) is 1.93. The van der Waals surface area contributed by atoms with Gasteiger partial charge in [-0.3, -0.25) is 0 Å². The summed E-state index contributed by atoms with van der Waals surface area (Å²) in [6, 6.07) is 0. The number of aromatic nitrogens is 2. The maximum absolute atomic E-state index is 5.91. The van der Waals surface area contributed by atoms with E-state index in [9.17, 15) is 0 Å². The van der Waals surface area contributed by atoms with Crippen molar-refractivity contribution in [1.82, 2.24) is 9.97 Å². The van der Waals surface area contributed by atoms with Gasteiger partial charge in [-0.05, 0) is 6.92 Å². The van der Waals surface area contributed by atoms with Crippen LogP contribution in [-0.2, 0) is 6.42 Å². The maximum atomic E-state index is 5.91. The van der Waals surface area contributed by atoms with E-state index < -0.39 is 0 Å². The Morgan fingerprint density at radius 1 is 1.31 bits per heavy atom. The molecule has 2 heterocycles. The Labute approximate surface area is 92.8 Å². The number of hydrogen-bond acceptors (Lipinski definition) is 5. The SMILES string of the molecule is CC1=Cc2c(N)nc(C3=NN=CC3)nc2C1. The second kappa shape index (κ2) is 3.23. The molecule has 0 unspecified atom stereocenters. The van der Waals surface area contributed by atoms with Crippen molar-refractivity contribution in [2.75, 3.05) is 5.73 Å². The predicted molar refractivity (Wildman–Crippen MR) is 63.4 cm³/mol. The zero-order valence-electron chi connectivity index (χ0n) is 8.94. The lowest BCUT2D eigenvalue weighted by Gasteiger charge is -2.05. The average molecular weight is 213 g/mol. The van der Waals surface area contributed by atoms with Crippen LogP contribution in [0.25, 0.3) is 6.08 Å². The molecule has 0 atom stereocenters. The van der Waals surface area contributed by atoms with Gasteiger partial charge in [-0.15, -0.1) is 0 Å². The normalized spacial score (nSPS) is 17.3. The Morgan fingerprint density at radius 2 is 2.19 bits per heavy atom. The smallest absolute Gasteiger partial charge is 0.178 e. The number of nitrogen functional groups attached to an aromatic ring is 1. The number of rotatable bonds is 1. The fourth-order valence-corrected chi connectivity index (χ4v) is 1.93. The number of nitrogens with two attached hydrogens (primary N) is 1. The molecular weight excluding hydrogens is 202 g/mol. The average Bonchev–Trinajstić information content (AvgIpc) is 2.84. The summed E-state index contributed by atoms with van der Waals surface area (Å²) in [6.45, 7) is 2.07. The van der Waals surface area contributed by atoms with E-state index >= 15 is 0 Å². The molecule has 0 bridgehead atoms. The lowest BCUT2D eigenvalue weighted by Crippen LogP contribution is -2.10. The van der Waals surface area contributed by atoms with Gasteiger partial charge in [0.25, 0.3) is 0 Å². The molecule has 3 rings (SSSR count). The van der Waals surface area contributed by atoms with Crippen LogP contribution in [0, 0.1) is 0 Å². The van der Waals surface area contributed by atoms with Crippen LogP contribution < -0.4 is 5.73 Å². The number of hydrogen-bond donors (Lipinski definition) is 1. The van der Waals surface area contributed by atoms with Crippen molar-refractivity contribution in [3.05, 3.63) is 22.7 Å². The van der Waals surface area contributed by atoms with Crippen molar-refractivity contribution in [2.45, 2.75) is 19.8 Å². The summed E-state index contributed by atoms with van der Waals surface area (Å²) >= 11 is 0.